The number of carboxylic acids is 1. The van der Waals surface area contributed by atoms with Gasteiger partial charge in [0.1, 0.15) is 5.60 Å². The third-order valence-electron chi connectivity index (χ3n) is 2.20. The molecule has 100 valence electrons. The van der Waals surface area contributed by atoms with Crippen LogP contribution in [0.4, 0.5) is 0 Å². The molecule has 0 aromatic heterocycles. The van der Waals surface area contributed by atoms with E-state index in [1.807, 2.05) is 34.6 Å². The Morgan fingerprint density at radius 1 is 1.24 bits per heavy atom. The Bertz CT molecular complexity index is 263. The minimum atomic E-state index is -0.873. The van der Waals surface area contributed by atoms with Crippen molar-refractivity contribution in [3.63, 3.8) is 0 Å². The molecule has 0 aliphatic carbocycles. The molecule has 0 aromatic rings. The SMILES string of the molecule is CC(C)C[C@@H](CCC(=O)O)C(=O)OC(C)(C)C. The van der Waals surface area contributed by atoms with Gasteiger partial charge in [-0.25, -0.2) is 0 Å². The molecule has 4 nitrogen and oxygen atoms in total. The Kier molecular flexibility index (Phi) is 6.21. The van der Waals surface area contributed by atoms with E-state index in [2.05, 4.69) is 0 Å². The fraction of sp³-hybridized carbons (Fsp3) is 0.846. The third-order valence-corrected chi connectivity index (χ3v) is 2.20. The van der Waals surface area contributed by atoms with Crippen molar-refractivity contribution < 1.29 is 19.4 Å². The Balaban J connectivity index is 4.45. The molecule has 0 aromatic carbocycles. The van der Waals surface area contributed by atoms with Gasteiger partial charge in [-0.2, -0.15) is 0 Å². The van der Waals surface area contributed by atoms with Gasteiger partial charge in [0, 0.05) is 6.42 Å². The highest BCUT2D eigenvalue weighted by Crippen LogP contribution is 2.21. The maximum Gasteiger partial charge on any atom is 0.309 e. The van der Waals surface area contributed by atoms with Crippen molar-refractivity contribution in [2.24, 2.45) is 11.8 Å². The van der Waals surface area contributed by atoms with Gasteiger partial charge in [0.15, 0.2) is 0 Å². The van der Waals surface area contributed by atoms with Crippen LogP contribution >= 0.6 is 0 Å². The smallest absolute Gasteiger partial charge is 0.309 e. The zero-order valence-corrected chi connectivity index (χ0v) is 11.4. The monoisotopic (exact) mass is 244 g/mol. The molecule has 0 amide bonds. The van der Waals surface area contributed by atoms with Crippen LogP contribution in [0.3, 0.4) is 0 Å². The molecule has 0 fully saturated rings. The Morgan fingerprint density at radius 3 is 2.12 bits per heavy atom. The number of hydrogen-bond donors (Lipinski definition) is 1. The summed E-state index contributed by atoms with van der Waals surface area (Å²) in [6.45, 7) is 9.47. The normalized spacial score (nSPS) is 13.5. The minimum absolute atomic E-state index is 0.0105. The summed E-state index contributed by atoms with van der Waals surface area (Å²) in [6.07, 6.45) is 1.03. The third kappa shape index (κ3) is 8.72. The Labute approximate surface area is 103 Å². The Hall–Kier alpha value is -1.06. The highest BCUT2D eigenvalue weighted by Gasteiger charge is 2.26. The number of aliphatic carboxylic acids is 1. The molecule has 17 heavy (non-hydrogen) atoms. The van der Waals surface area contributed by atoms with Crippen LogP contribution in [0.25, 0.3) is 0 Å². The van der Waals surface area contributed by atoms with Gasteiger partial charge in [-0.15, -0.1) is 0 Å². The number of ether oxygens (including phenoxy) is 1. The maximum absolute atomic E-state index is 11.9. The topological polar surface area (TPSA) is 63.6 Å². The fourth-order valence-corrected chi connectivity index (χ4v) is 1.58. The first-order valence-electron chi connectivity index (χ1n) is 6.06. The minimum Gasteiger partial charge on any atom is -0.481 e. The van der Waals surface area contributed by atoms with Crippen molar-refractivity contribution in [3.05, 3.63) is 0 Å². The lowest BCUT2D eigenvalue weighted by atomic mass is 9.92. The zero-order valence-electron chi connectivity index (χ0n) is 11.4. The van der Waals surface area contributed by atoms with Crippen LogP contribution in [0.2, 0.25) is 0 Å². The molecule has 0 saturated heterocycles. The first-order valence-corrected chi connectivity index (χ1v) is 6.06. The zero-order chi connectivity index (χ0) is 13.6. The molecular weight excluding hydrogens is 220 g/mol. The summed E-state index contributed by atoms with van der Waals surface area (Å²) in [7, 11) is 0. The molecular formula is C13H24O4. The second kappa shape index (κ2) is 6.62. The lowest BCUT2D eigenvalue weighted by Crippen LogP contribution is -2.29. The quantitative estimate of drug-likeness (QED) is 0.730. The second-order valence-corrected chi connectivity index (χ2v) is 5.79. The van der Waals surface area contributed by atoms with E-state index in [9.17, 15) is 9.59 Å². The van der Waals surface area contributed by atoms with E-state index >= 15 is 0 Å². The van der Waals surface area contributed by atoms with E-state index in [1.165, 1.54) is 0 Å². The van der Waals surface area contributed by atoms with Crippen LogP contribution in [0, 0.1) is 11.8 Å². The molecule has 4 heteroatoms. The van der Waals surface area contributed by atoms with E-state index in [4.69, 9.17) is 9.84 Å². The number of hydrogen-bond acceptors (Lipinski definition) is 3. The van der Waals surface area contributed by atoms with Crippen molar-refractivity contribution in [3.8, 4) is 0 Å². The number of esters is 1. The average molecular weight is 244 g/mol. The van der Waals surface area contributed by atoms with Crippen molar-refractivity contribution in [2.45, 2.75) is 59.5 Å². The summed E-state index contributed by atoms with van der Waals surface area (Å²) >= 11 is 0. The van der Waals surface area contributed by atoms with Crippen LogP contribution in [0.15, 0.2) is 0 Å². The lowest BCUT2D eigenvalue weighted by molar-refractivity contribution is -0.161. The van der Waals surface area contributed by atoms with Crippen LogP contribution in [-0.2, 0) is 14.3 Å². The highest BCUT2D eigenvalue weighted by atomic mass is 16.6. The van der Waals surface area contributed by atoms with E-state index in [0.717, 1.165) is 0 Å². The highest BCUT2D eigenvalue weighted by molar-refractivity contribution is 5.74. The summed E-state index contributed by atoms with van der Waals surface area (Å²) in [5.41, 5.74) is -0.518. The molecule has 0 aliphatic rings. The van der Waals surface area contributed by atoms with Crippen molar-refractivity contribution in [2.75, 3.05) is 0 Å². The van der Waals surface area contributed by atoms with Crippen LogP contribution in [-0.4, -0.2) is 22.6 Å². The molecule has 0 aliphatic heterocycles. The predicted molar refractivity (Wildman–Crippen MR) is 65.7 cm³/mol. The largest absolute Gasteiger partial charge is 0.481 e. The average Bonchev–Trinajstić information content (AvgIpc) is 2.08. The fourth-order valence-electron chi connectivity index (χ4n) is 1.58. The summed E-state index contributed by atoms with van der Waals surface area (Å²) < 4.78 is 5.30. The number of carboxylic acid groups (broad SMARTS) is 1. The van der Waals surface area contributed by atoms with Crippen molar-refractivity contribution in [1.82, 2.24) is 0 Å². The molecule has 0 bridgehead atoms. The number of carbonyl (C=O) groups is 2. The maximum atomic E-state index is 11.9. The molecule has 0 saturated carbocycles. The molecule has 0 heterocycles. The van der Waals surface area contributed by atoms with E-state index < -0.39 is 11.6 Å². The lowest BCUT2D eigenvalue weighted by Gasteiger charge is -2.24. The standard InChI is InChI=1S/C13H24O4/c1-9(2)8-10(6-7-11(14)15)12(16)17-13(3,4)5/h9-10H,6-8H2,1-5H3,(H,14,15)/t10-/m1/s1. The van der Waals surface area contributed by atoms with Gasteiger partial charge in [0.05, 0.1) is 5.92 Å². The molecule has 0 rings (SSSR count). The van der Waals surface area contributed by atoms with Gasteiger partial charge in [0.25, 0.3) is 0 Å². The van der Waals surface area contributed by atoms with Gasteiger partial charge in [-0.3, -0.25) is 9.59 Å². The van der Waals surface area contributed by atoms with Crippen LogP contribution in [0.5, 0.6) is 0 Å². The Morgan fingerprint density at radius 2 is 1.76 bits per heavy atom. The predicted octanol–water partition coefficient (Wildman–Crippen LogP) is 2.86. The first-order chi connectivity index (χ1) is 7.61. The molecule has 1 atom stereocenters. The first kappa shape index (κ1) is 15.9. The number of carbonyl (C=O) groups excluding carboxylic acids is 1. The van der Waals surface area contributed by atoms with Gasteiger partial charge >= 0.3 is 11.9 Å². The molecule has 1 N–H and O–H groups in total. The van der Waals surface area contributed by atoms with Crippen LogP contribution in [0.1, 0.15) is 53.9 Å². The molecule has 0 unspecified atom stereocenters. The second-order valence-electron chi connectivity index (χ2n) is 5.79. The van der Waals surface area contributed by atoms with Gasteiger partial charge in [0.2, 0.25) is 0 Å². The molecule has 0 radical (unpaired) electrons. The van der Waals surface area contributed by atoms with Crippen LogP contribution < -0.4 is 0 Å². The summed E-state index contributed by atoms with van der Waals surface area (Å²) in [5, 5.41) is 8.66. The van der Waals surface area contributed by atoms with Crippen molar-refractivity contribution >= 4 is 11.9 Å². The van der Waals surface area contributed by atoms with E-state index in [-0.39, 0.29) is 18.3 Å². The van der Waals surface area contributed by atoms with Crippen molar-refractivity contribution in [1.29, 1.82) is 0 Å². The van der Waals surface area contributed by atoms with E-state index in [1.54, 1.807) is 0 Å². The van der Waals surface area contributed by atoms with Gasteiger partial charge in [-0.05, 0) is 39.5 Å². The number of rotatable bonds is 6. The summed E-state index contributed by atoms with van der Waals surface area (Å²) in [4.78, 5) is 22.4. The summed E-state index contributed by atoms with van der Waals surface area (Å²) in [6, 6.07) is 0. The van der Waals surface area contributed by atoms with E-state index in [0.29, 0.717) is 18.8 Å². The molecule has 0 spiro atoms. The summed E-state index contributed by atoms with van der Waals surface area (Å²) in [5.74, 6) is -1.12. The van der Waals surface area contributed by atoms with Gasteiger partial charge < -0.3 is 9.84 Å². The van der Waals surface area contributed by atoms with Gasteiger partial charge in [-0.1, -0.05) is 13.8 Å².